The number of hydrogen-bond donors (Lipinski definition) is 1. The van der Waals surface area contributed by atoms with Gasteiger partial charge >= 0.3 is 0 Å². The van der Waals surface area contributed by atoms with E-state index < -0.39 is 0 Å². The van der Waals surface area contributed by atoms with Crippen molar-refractivity contribution >= 4 is 21.4 Å². The smallest absolute Gasteiger partial charge is 0.123 e. The van der Waals surface area contributed by atoms with Gasteiger partial charge in [-0.3, -0.25) is 0 Å². The molecule has 0 aliphatic heterocycles. The van der Waals surface area contributed by atoms with E-state index in [9.17, 15) is 4.39 Å². The van der Waals surface area contributed by atoms with Crippen LogP contribution in [0.1, 0.15) is 5.56 Å². The van der Waals surface area contributed by atoms with Gasteiger partial charge in [0, 0.05) is 10.1 Å². The Morgan fingerprint density at radius 1 is 1.42 bits per heavy atom. The maximum atomic E-state index is 12.8. The van der Waals surface area contributed by atoms with E-state index in [0.29, 0.717) is 0 Å². The van der Waals surface area contributed by atoms with Gasteiger partial charge in [-0.25, -0.2) is 4.39 Å². The van der Waals surface area contributed by atoms with Gasteiger partial charge in [0.05, 0.1) is 6.61 Å². The third-order valence-corrected chi connectivity index (χ3v) is 2.80. The van der Waals surface area contributed by atoms with Crippen molar-refractivity contribution in [1.82, 2.24) is 0 Å². The number of thiophene rings is 1. The molecule has 2 aromatic rings. The molecule has 0 bridgehead atoms. The first kappa shape index (κ1) is 7.71. The standard InChI is InChI=1S/C9H7FOS/c10-7-1-2-9-8(3-7)6(4-11)5-12-9/h1-3,5,11H,4H2. The molecule has 0 saturated heterocycles. The third kappa shape index (κ3) is 1.11. The summed E-state index contributed by atoms with van der Waals surface area (Å²) in [6.07, 6.45) is 0. The minimum atomic E-state index is -0.254. The number of aliphatic hydroxyl groups excluding tert-OH is 1. The zero-order valence-electron chi connectivity index (χ0n) is 6.25. The lowest BCUT2D eigenvalue weighted by atomic mass is 10.2. The fourth-order valence-corrected chi connectivity index (χ4v) is 2.11. The first-order valence-corrected chi connectivity index (χ1v) is 4.45. The molecule has 1 aromatic carbocycles. The number of aliphatic hydroxyl groups is 1. The highest BCUT2D eigenvalue weighted by atomic mass is 32.1. The Labute approximate surface area is 73.1 Å². The second-order valence-electron chi connectivity index (χ2n) is 2.56. The fraction of sp³-hybridized carbons (Fsp3) is 0.111. The van der Waals surface area contributed by atoms with Gasteiger partial charge < -0.3 is 5.11 Å². The molecule has 0 aliphatic carbocycles. The molecule has 62 valence electrons. The summed E-state index contributed by atoms with van der Waals surface area (Å²) in [4.78, 5) is 0. The topological polar surface area (TPSA) is 20.2 Å². The molecule has 1 N–H and O–H groups in total. The average molecular weight is 182 g/mol. The molecule has 0 atom stereocenters. The van der Waals surface area contributed by atoms with Crippen molar-refractivity contribution in [3.05, 3.63) is 35.0 Å². The van der Waals surface area contributed by atoms with Crippen LogP contribution in [0.4, 0.5) is 4.39 Å². The van der Waals surface area contributed by atoms with E-state index in [1.54, 1.807) is 6.07 Å². The van der Waals surface area contributed by atoms with Crippen LogP contribution < -0.4 is 0 Å². The van der Waals surface area contributed by atoms with Crippen molar-refractivity contribution in [2.45, 2.75) is 6.61 Å². The summed E-state index contributed by atoms with van der Waals surface area (Å²) in [6.45, 7) is -0.0244. The van der Waals surface area contributed by atoms with E-state index in [2.05, 4.69) is 0 Å². The van der Waals surface area contributed by atoms with E-state index in [0.717, 1.165) is 15.6 Å². The van der Waals surface area contributed by atoms with Crippen molar-refractivity contribution in [2.24, 2.45) is 0 Å². The number of fused-ring (bicyclic) bond motifs is 1. The molecular weight excluding hydrogens is 175 g/mol. The average Bonchev–Trinajstić information content (AvgIpc) is 2.46. The summed E-state index contributed by atoms with van der Waals surface area (Å²) in [5.41, 5.74) is 0.800. The van der Waals surface area contributed by atoms with E-state index >= 15 is 0 Å². The predicted molar refractivity (Wildman–Crippen MR) is 47.7 cm³/mol. The molecule has 0 fully saturated rings. The predicted octanol–water partition coefficient (Wildman–Crippen LogP) is 2.53. The minimum Gasteiger partial charge on any atom is -0.392 e. The zero-order valence-corrected chi connectivity index (χ0v) is 7.07. The van der Waals surface area contributed by atoms with Gasteiger partial charge in [-0.2, -0.15) is 0 Å². The maximum absolute atomic E-state index is 12.8. The van der Waals surface area contributed by atoms with Crippen LogP contribution in [0.25, 0.3) is 10.1 Å². The summed E-state index contributed by atoms with van der Waals surface area (Å²) in [5.74, 6) is -0.254. The van der Waals surface area contributed by atoms with Gasteiger partial charge in [0.15, 0.2) is 0 Å². The summed E-state index contributed by atoms with van der Waals surface area (Å²) in [7, 11) is 0. The van der Waals surface area contributed by atoms with Gasteiger partial charge in [0.2, 0.25) is 0 Å². The summed E-state index contributed by atoms with van der Waals surface area (Å²) >= 11 is 1.52. The van der Waals surface area contributed by atoms with Gasteiger partial charge in [-0.1, -0.05) is 0 Å². The lowest BCUT2D eigenvalue weighted by Crippen LogP contribution is -1.79. The number of halogens is 1. The lowest BCUT2D eigenvalue weighted by molar-refractivity contribution is 0.284. The summed E-state index contributed by atoms with van der Waals surface area (Å²) in [6, 6.07) is 4.62. The first-order valence-electron chi connectivity index (χ1n) is 3.58. The highest BCUT2D eigenvalue weighted by Gasteiger charge is 2.02. The highest BCUT2D eigenvalue weighted by Crippen LogP contribution is 2.26. The van der Waals surface area contributed by atoms with Gasteiger partial charge in [0.25, 0.3) is 0 Å². The Balaban J connectivity index is 2.75. The molecule has 2 rings (SSSR count). The molecule has 0 unspecified atom stereocenters. The molecule has 0 aliphatic rings. The van der Waals surface area contributed by atoms with Gasteiger partial charge in [0.1, 0.15) is 5.82 Å². The van der Waals surface area contributed by atoms with E-state index in [4.69, 9.17) is 5.11 Å². The van der Waals surface area contributed by atoms with Crippen LogP contribution in [0, 0.1) is 5.82 Å². The molecule has 0 radical (unpaired) electrons. The first-order chi connectivity index (χ1) is 5.81. The van der Waals surface area contributed by atoms with Crippen LogP contribution in [0.5, 0.6) is 0 Å². The molecule has 1 heterocycles. The molecule has 3 heteroatoms. The Bertz CT molecular complexity index is 408. The van der Waals surface area contributed by atoms with Crippen LogP contribution in [0.2, 0.25) is 0 Å². The van der Waals surface area contributed by atoms with Crippen molar-refractivity contribution < 1.29 is 9.50 Å². The molecule has 1 nitrogen and oxygen atoms in total. The van der Waals surface area contributed by atoms with Crippen LogP contribution in [0.15, 0.2) is 23.6 Å². The molecule has 1 aromatic heterocycles. The summed E-state index contributed by atoms with van der Waals surface area (Å²) in [5, 5.41) is 11.6. The molecule has 0 spiro atoms. The van der Waals surface area contributed by atoms with Gasteiger partial charge in [-0.15, -0.1) is 11.3 Å². The largest absolute Gasteiger partial charge is 0.392 e. The molecular formula is C9H7FOS. The highest BCUT2D eigenvalue weighted by molar-refractivity contribution is 7.17. The lowest BCUT2D eigenvalue weighted by Gasteiger charge is -1.92. The van der Waals surface area contributed by atoms with Crippen molar-refractivity contribution in [1.29, 1.82) is 0 Å². The van der Waals surface area contributed by atoms with Crippen LogP contribution in [-0.2, 0) is 6.61 Å². The monoisotopic (exact) mass is 182 g/mol. The normalized spacial score (nSPS) is 10.8. The minimum absolute atomic E-state index is 0.0244. The number of hydrogen-bond acceptors (Lipinski definition) is 2. The second kappa shape index (κ2) is 2.84. The van der Waals surface area contributed by atoms with Crippen molar-refractivity contribution in [2.75, 3.05) is 0 Å². The fourth-order valence-electron chi connectivity index (χ4n) is 1.18. The SMILES string of the molecule is OCc1csc2ccc(F)cc12. The molecule has 12 heavy (non-hydrogen) atoms. The van der Waals surface area contributed by atoms with Crippen molar-refractivity contribution in [3.63, 3.8) is 0 Å². The maximum Gasteiger partial charge on any atom is 0.123 e. The Kier molecular flexibility index (Phi) is 1.83. The zero-order chi connectivity index (χ0) is 8.55. The number of rotatable bonds is 1. The molecule has 0 saturated carbocycles. The van der Waals surface area contributed by atoms with Crippen LogP contribution in [0.3, 0.4) is 0 Å². The Hall–Kier alpha value is -0.930. The van der Waals surface area contributed by atoms with Gasteiger partial charge in [-0.05, 0) is 29.1 Å². The van der Waals surface area contributed by atoms with Crippen LogP contribution >= 0.6 is 11.3 Å². The number of benzene rings is 1. The Morgan fingerprint density at radius 3 is 3.00 bits per heavy atom. The quantitative estimate of drug-likeness (QED) is 0.718. The summed E-state index contributed by atoms with van der Waals surface area (Å²) < 4.78 is 13.8. The van der Waals surface area contributed by atoms with E-state index in [1.165, 1.54) is 23.5 Å². The third-order valence-electron chi connectivity index (χ3n) is 1.79. The van der Waals surface area contributed by atoms with E-state index in [-0.39, 0.29) is 12.4 Å². The van der Waals surface area contributed by atoms with Crippen LogP contribution in [-0.4, -0.2) is 5.11 Å². The van der Waals surface area contributed by atoms with Crippen molar-refractivity contribution in [3.8, 4) is 0 Å². The molecule has 0 amide bonds. The Morgan fingerprint density at radius 2 is 2.25 bits per heavy atom. The van der Waals surface area contributed by atoms with E-state index in [1.807, 2.05) is 5.38 Å². The second-order valence-corrected chi connectivity index (χ2v) is 3.47.